The van der Waals surface area contributed by atoms with Gasteiger partial charge in [-0.15, -0.1) is 0 Å². The van der Waals surface area contributed by atoms with E-state index in [9.17, 15) is 4.79 Å². The molecule has 0 N–H and O–H groups in total. The normalized spacial score (nSPS) is 10.6. The topological polar surface area (TPSA) is 73.4 Å². The lowest BCUT2D eigenvalue weighted by molar-refractivity contribution is 0.0776. The molecule has 0 unspecified atom stereocenters. The predicted octanol–water partition coefficient (Wildman–Crippen LogP) is 2.45. The quantitative estimate of drug-likeness (QED) is 0.720. The molecule has 0 saturated heterocycles. The Kier molecular flexibility index (Phi) is 4.33. The van der Waals surface area contributed by atoms with E-state index in [0.717, 1.165) is 17.1 Å². The molecule has 1 aromatic carbocycles. The predicted molar refractivity (Wildman–Crippen MR) is 87.2 cm³/mol. The second-order valence-electron chi connectivity index (χ2n) is 5.43. The number of nitrogens with zero attached hydrogens (tertiary/aromatic N) is 4. The van der Waals surface area contributed by atoms with Gasteiger partial charge >= 0.3 is 0 Å². The van der Waals surface area contributed by atoms with Gasteiger partial charge in [0.2, 0.25) is 0 Å². The van der Waals surface area contributed by atoms with Crippen LogP contribution in [0.25, 0.3) is 5.69 Å². The molecule has 0 spiro atoms. The molecule has 0 aliphatic heterocycles. The number of carbonyl (C=O) groups excluding carboxylic acids is 1. The summed E-state index contributed by atoms with van der Waals surface area (Å²) in [6.45, 7) is 2.27. The van der Waals surface area contributed by atoms with Crippen LogP contribution in [0.2, 0.25) is 0 Å². The van der Waals surface area contributed by atoms with Gasteiger partial charge in [-0.25, -0.2) is 4.68 Å². The Hall–Kier alpha value is -3.09. The first-order chi connectivity index (χ1) is 11.6. The second-order valence-corrected chi connectivity index (χ2v) is 5.43. The summed E-state index contributed by atoms with van der Waals surface area (Å²) in [5.41, 5.74) is 2.82. The zero-order valence-electron chi connectivity index (χ0n) is 13.8. The Balaban J connectivity index is 1.80. The van der Waals surface area contributed by atoms with E-state index in [4.69, 9.17) is 9.26 Å². The fourth-order valence-corrected chi connectivity index (χ4v) is 2.39. The van der Waals surface area contributed by atoms with Crippen LogP contribution < -0.4 is 4.74 Å². The minimum absolute atomic E-state index is 0.173. The van der Waals surface area contributed by atoms with E-state index >= 15 is 0 Å². The maximum Gasteiger partial charge on any atom is 0.274 e. The molecule has 2 aromatic heterocycles. The Labute approximate surface area is 139 Å². The zero-order chi connectivity index (χ0) is 17.1. The van der Waals surface area contributed by atoms with E-state index < -0.39 is 0 Å². The number of benzene rings is 1. The average Bonchev–Trinajstić information content (AvgIpc) is 3.24. The fraction of sp³-hybridized carbons (Fsp3) is 0.235. The van der Waals surface area contributed by atoms with Gasteiger partial charge in [0.25, 0.3) is 5.91 Å². The molecular weight excluding hydrogens is 308 g/mol. The van der Waals surface area contributed by atoms with E-state index in [-0.39, 0.29) is 5.91 Å². The van der Waals surface area contributed by atoms with Crippen molar-refractivity contribution in [3.8, 4) is 11.4 Å². The first-order valence-electron chi connectivity index (χ1n) is 7.44. The molecule has 124 valence electrons. The van der Waals surface area contributed by atoms with Crippen molar-refractivity contribution in [3.05, 3.63) is 59.7 Å². The van der Waals surface area contributed by atoms with Gasteiger partial charge in [-0.1, -0.05) is 5.16 Å². The van der Waals surface area contributed by atoms with Crippen LogP contribution in [0.5, 0.6) is 5.75 Å². The van der Waals surface area contributed by atoms with Gasteiger partial charge < -0.3 is 14.2 Å². The van der Waals surface area contributed by atoms with Gasteiger partial charge in [-0.05, 0) is 37.3 Å². The van der Waals surface area contributed by atoms with Crippen molar-refractivity contribution in [2.45, 2.75) is 13.5 Å². The van der Waals surface area contributed by atoms with Gasteiger partial charge in [0, 0.05) is 18.8 Å². The summed E-state index contributed by atoms with van der Waals surface area (Å²) in [6, 6.07) is 11.0. The third kappa shape index (κ3) is 3.15. The van der Waals surface area contributed by atoms with Crippen molar-refractivity contribution in [2.24, 2.45) is 0 Å². The standard InChI is InChI=1S/C17H18N4O3/c1-12-10-16(17(22)20(2)11-13-8-9-24-19-13)18-21(12)14-4-6-15(23-3)7-5-14/h4-10H,11H2,1-3H3. The second kappa shape index (κ2) is 6.57. The average molecular weight is 326 g/mol. The molecule has 0 atom stereocenters. The third-order valence-corrected chi connectivity index (χ3v) is 3.66. The van der Waals surface area contributed by atoms with Crippen molar-refractivity contribution in [2.75, 3.05) is 14.2 Å². The van der Waals surface area contributed by atoms with E-state index in [1.807, 2.05) is 31.2 Å². The first-order valence-corrected chi connectivity index (χ1v) is 7.44. The molecular formula is C17H18N4O3. The molecule has 3 rings (SSSR count). The van der Waals surface area contributed by atoms with Crippen LogP contribution in [-0.2, 0) is 6.54 Å². The van der Waals surface area contributed by atoms with Crippen LogP contribution in [0.15, 0.2) is 47.2 Å². The van der Waals surface area contributed by atoms with E-state index in [1.54, 1.807) is 35.9 Å². The van der Waals surface area contributed by atoms with Crippen LogP contribution in [0.4, 0.5) is 0 Å². The molecule has 0 aliphatic rings. The van der Waals surface area contributed by atoms with Crippen molar-refractivity contribution in [1.29, 1.82) is 0 Å². The van der Waals surface area contributed by atoms with Crippen LogP contribution >= 0.6 is 0 Å². The van der Waals surface area contributed by atoms with Crippen molar-refractivity contribution < 1.29 is 14.1 Å². The lowest BCUT2D eigenvalue weighted by Gasteiger charge is -2.13. The number of rotatable bonds is 5. The molecule has 1 amide bonds. The highest BCUT2D eigenvalue weighted by Gasteiger charge is 2.18. The molecule has 0 aliphatic carbocycles. The molecule has 7 heteroatoms. The number of hydrogen-bond acceptors (Lipinski definition) is 5. The summed E-state index contributed by atoms with van der Waals surface area (Å²) < 4.78 is 11.7. The Morgan fingerprint density at radius 3 is 2.67 bits per heavy atom. The molecule has 3 aromatic rings. The number of aromatic nitrogens is 3. The summed E-state index contributed by atoms with van der Waals surface area (Å²) in [4.78, 5) is 14.1. The molecule has 0 bridgehead atoms. The van der Waals surface area contributed by atoms with Gasteiger partial charge in [-0.3, -0.25) is 4.79 Å². The highest BCUT2D eigenvalue weighted by molar-refractivity contribution is 5.92. The van der Waals surface area contributed by atoms with Crippen LogP contribution in [0.3, 0.4) is 0 Å². The minimum Gasteiger partial charge on any atom is -0.497 e. The fourth-order valence-electron chi connectivity index (χ4n) is 2.39. The number of hydrogen-bond donors (Lipinski definition) is 0. The number of amides is 1. The van der Waals surface area contributed by atoms with Gasteiger partial charge in [0.05, 0.1) is 19.3 Å². The summed E-state index contributed by atoms with van der Waals surface area (Å²) in [5, 5.41) is 8.24. The monoisotopic (exact) mass is 326 g/mol. The summed E-state index contributed by atoms with van der Waals surface area (Å²) in [7, 11) is 3.33. The number of aryl methyl sites for hydroxylation is 1. The number of carbonyl (C=O) groups is 1. The zero-order valence-corrected chi connectivity index (χ0v) is 13.8. The van der Waals surface area contributed by atoms with Crippen LogP contribution in [0.1, 0.15) is 21.9 Å². The Morgan fingerprint density at radius 2 is 2.04 bits per heavy atom. The summed E-state index contributed by atoms with van der Waals surface area (Å²) >= 11 is 0. The maximum atomic E-state index is 12.5. The number of ether oxygens (including phenoxy) is 1. The van der Waals surface area contributed by atoms with E-state index in [2.05, 4.69) is 10.3 Å². The van der Waals surface area contributed by atoms with Gasteiger partial charge in [0.15, 0.2) is 5.69 Å². The molecule has 24 heavy (non-hydrogen) atoms. The van der Waals surface area contributed by atoms with E-state index in [0.29, 0.717) is 17.9 Å². The van der Waals surface area contributed by atoms with Crippen molar-refractivity contribution >= 4 is 5.91 Å². The Bertz CT molecular complexity index is 822. The summed E-state index contributed by atoms with van der Waals surface area (Å²) in [6.07, 6.45) is 1.48. The van der Waals surface area contributed by atoms with Crippen molar-refractivity contribution in [1.82, 2.24) is 19.8 Å². The third-order valence-electron chi connectivity index (χ3n) is 3.66. The van der Waals surface area contributed by atoms with Crippen molar-refractivity contribution in [3.63, 3.8) is 0 Å². The van der Waals surface area contributed by atoms with E-state index in [1.165, 1.54) is 6.26 Å². The largest absolute Gasteiger partial charge is 0.497 e. The lowest BCUT2D eigenvalue weighted by atomic mass is 10.3. The highest BCUT2D eigenvalue weighted by atomic mass is 16.5. The summed E-state index contributed by atoms with van der Waals surface area (Å²) in [5.74, 6) is 0.598. The Morgan fingerprint density at radius 1 is 1.29 bits per heavy atom. The maximum absolute atomic E-state index is 12.5. The first kappa shape index (κ1) is 15.8. The molecule has 7 nitrogen and oxygen atoms in total. The van der Waals surface area contributed by atoms with Gasteiger partial charge in [0.1, 0.15) is 17.7 Å². The number of methoxy groups -OCH3 is 1. The molecule has 0 saturated carbocycles. The SMILES string of the molecule is COc1ccc(-n2nc(C(=O)N(C)Cc3ccon3)cc2C)cc1. The van der Waals surface area contributed by atoms with Crippen LogP contribution in [-0.4, -0.2) is 39.9 Å². The van der Waals surface area contributed by atoms with Gasteiger partial charge in [-0.2, -0.15) is 5.10 Å². The smallest absolute Gasteiger partial charge is 0.274 e. The molecule has 0 fully saturated rings. The molecule has 2 heterocycles. The highest BCUT2D eigenvalue weighted by Crippen LogP contribution is 2.17. The molecule has 0 radical (unpaired) electrons. The minimum atomic E-state index is -0.173. The lowest BCUT2D eigenvalue weighted by Crippen LogP contribution is -2.26. The van der Waals surface area contributed by atoms with Crippen LogP contribution in [0, 0.1) is 6.92 Å².